The Morgan fingerprint density at radius 1 is 1.35 bits per heavy atom. The van der Waals surface area contributed by atoms with Gasteiger partial charge in [-0.25, -0.2) is 4.98 Å². The molecule has 0 fully saturated rings. The minimum atomic E-state index is 0.388. The molecule has 0 spiro atoms. The van der Waals surface area contributed by atoms with Crippen molar-refractivity contribution in [3.05, 3.63) is 36.0 Å². The first-order valence-corrected chi connectivity index (χ1v) is 5.71. The molecule has 2 rings (SSSR count). The first kappa shape index (κ1) is 11.6. The second-order valence-electron chi connectivity index (χ2n) is 4.26. The minimum Gasteiger partial charge on any atom is -0.365 e. The summed E-state index contributed by atoms with van der Waals surface area (Å²) in [6, 6.07) is 0.388. The van der Waals surface area contributed by atoms with Crippen LogP contribution in [0.15, 0.2) is 24.8 Å². The minimum absolute atomic E-state index is 0.388. The van der Waals surface area contributed by atoms with Crippen molar-refractivity contribution in [1.82, 2.24) is 19.7 Å². The summed E-state index contributed by atoms with van der Waals surface area (Å²) in [5.41, 5.74) is 2.24. The predicted molar refractivity (Wildman–Crippen MR) is 66.7 cm³/mol. The van der Waals surface area contributed by atoms with Crippen molar-refractivity contribution in [2.45, 2.75) is 33.4 Å². The zero-order valence-electron chi connectivity index (χ0n) is 10.4. The Labute approximate surface area is 101 Å². The van der Waals surface area contributed by atoms with E-state index in [4.69, 9.17) is 0 Å². The monoisotopic (exact) mass is 231 g/mol. The van der Waals surface area contributed by atoms with E-state index in [0.717, 1.165) is 18.1 Å². The first-order valence-electron chi connectivity index (χ1n) is 5.71. The number of nitrogens with zero attached hydrogens (tertiary/aromatic N) is 4. The van der Waals surface area contributed by atoms with Gasteiger partial charge in [0.25, 0.3) is 0 Å². The summed E-state index contributed by atoms with van der Waals surface area (Å²) >= 11 is 0. The van der Waals surface area contributed by atoms with Crippen LogP contribution < -0.4 is 5.32 Å². The van der Waals surface area contributed by atoms with E-state index in [1.165, 1.54) is 5.56 Å². The molecular formula is C12H17N5. The average molecular weight is 231 g/mol. The smallest absolute Gasteiger partial charge is 0.144 e. The largest absolute Gasteiger partial charge is 0.365 e. The van der Waals surface area contributed by atoms with Gasteiger partial charge in [-0.05, 0) is 20.8 Å². The summed E-state index contributed by atoms with van der Waals surface area (Å²) in [4.78, 5) is 8.17. The Hall–Kier alpha value is -1.91. The Bertz CT molecular complexity index is 475. The molecule has 1 N–H and O–H groups in total. The summed E-state index contributed by atoms with van der Waals surface area (Å²) in [6.07, 6.45) is 7.12. The third kappa shape index (κ3) is 2.81. The maximum atomic E-state index is 4.46. The molecule has 90 valence electrons. The highest BCUT2D eigenvalue weighted by Crippen LogP contribution is 2.11. The van der Waals surface area contributed by atoms with Crippen LogP contribution in [0.2, 0.25) is 0 Å². The van der Waals surface area contributed by atoms with Crippen LogP contribution in [0.1, 0.15) is 31.1 Å². The molecule has 0 amide bonds. The number of aryl methyl sites for hydroxylation is 1. The molecule has 0 radical (unpaired) electrons. The number of anilines is 1. The van der Waals surface area contributed by atoms with Crippen LogP contribution in [0.3, 0.4) is 0 Å². The van der Waals surface area contributed by atoms with E-state index in [2.05, 4.69) is 40.4 Å². The van der Waals surface area contributed by atoms with Gasteiger partial charge in [-0.3, -0.25) is 9.67 Å². The number of hydrogen-bond donors (Lipinski definition) is 1. The first-order chi connectivity index (χ1) is 8.16. The maximum Gasteiger partial charge on any atom is 0.144 e. The number of rotatable bonds is 4. The Kier molecular flexibility index (Phi) is 3.37. The third-order valence-electron chi connectivity index (χ3n) is 2.57. The molecular weight excluding hydrogens is 214 g/mol. The summed E-state index contributed by atoms with van der Waals surface area (Å²) in [5, 5.41) is 7.69. The fourth-order valence-electron chi connectivity index (χ4n) is 1.53. The van der Waals surface area contributed by atoms with Crippen LogP contribution in [0.5, 0.6) is 0 Å². The second kappa shape index (κ2) is 4.95. The standard InChI is InChI=1S/C12H17N5/c1-9(2)17-8-11(10(3)16-17)6-15-12-7-13-4-5-14-12/h4-5,7-9H,6H2,1-3H3,(H,14,15). The molecule has 0 saturated carbocycles. The predicted octanol–water partition coefficient (Wildman–Crippen LogP) is 2.17. The molecule has 0 bridgehead atoms. The highest BCUT2D eigenvalue weighted by atomic mass is 15.3. The summed E-state index contributed by atoms with van der Waals surface area (Å²) in [5.74, 6) is 0.782. The number of nitrogens with one attached hydrogen (secondary N) is 1. The Balaban J connectivity index is 2.04. The van der Waals surface area contributed by atoms with E-state index in [0.29, 0.717) is 6.04 Å². The molecule has 0 aromatic carbocycles. The van der Waals surface area contributed by atoms with Crippen molar-refractivity contribution in [1.29, 1.82) is 0 Å². The lowest BCUT2D eigenvalue weighted by Crippen LogP contribution is -2.02. The quantitative estimate of drug-likeness (QED) is 0.876. The average Bonchev–Trinajstić information content (AvgIpc) is 2.70. The van der Waals surface area contributed by atoms with Crippen molar-refractivity contribution >= 4 is 5.82 Å². The molecule has 0 aliphatic rings. The van der Waals surface area contributed by atoms with E-state index in [9.17, 15) is 0 Å². The topological polar surface area (TPSA) is 55.6 Å². The summed E-state index contributed by atoms with van der Waals surface area (Å²) in [6.45, 7) is 6.97. The number of aromatic nitrogens is 4. The van der Waals surface area contributed by atoms with Gasteiger partial charge in [0.15, 0.2) is 0 Å². The van der Waals surface area contributed by atoms with Gasteiger partial charge in [-0.15, -0.1) is 0 Å². The molecule has 0 unspecified atom stereocenters. The summed E-state index contributed by atoms with van der Waals surface area (Å²) in [7, 11) is 0. The Morgan fingerprint density at radius 2 is 2.18 bits per heavy atom. The lowest BCUT2D eigenvalue weighted by atomic mass is 10.2. The zero-order valence-corrected chi connectivity index (χ0v) is 10.4. The zero-order chi connectivity index (χ0) is 12.3. The second-order valence-corrected chi connectivity index (χ2v) is 4.26. The van der Waals surface area contributed by atoms with Crippen LogP contribution in [0.4, 0.5) is 5.82 Å². The van der Waals surface area contributed by atoms with Gasteiger partial charge in [-0.1, -0.05) is 0 Å². The van der Waals surface area contributed by atoms with E-state index < -0.39 is 0 Å². The third-order valence-corrected chi connectivity index (χ3v) is 2.57. The molecule has 2 heterocycles. The Morgan fingerprint density at radius 3 is 2.76 bits per heavy atom. The lowest BCUT2D eigenvalue weighted by molar-refractivity contribution is 0.529. The van der Waals surface area contributed by atoms with Gasteiger partial charge in [0.2, 0.25) is 0 Å². The maximum absolute atomic E-state index is 4.46. The van der Waals surface area contributed by atoms with Gasteiger partial charge in [0.05, 0.1) is 11.9 Å². The van der Waals surface area contributed by atoms with E-state index in [1.807, 2.05) is 11.6 Å². The van der Waals surface area contributed by atoms with Crippen LogP contribution in [0, 0.1) is 6.92 Å². The molecule has 2 aromatic rings. The molecule has 5 nitrogen and oxygen atoms in total. The van der Waals surface area contributed by atoms with Gasteiger partial charge in [0, 0.05) is 36.7 Å². The molecule has 0 atom stereocenters. The van der Waals surface area contributed by atoms with Gasteiger partial charge >= 0.3 is 0 Å². The van der Waals surface area contributed by atoms with Gasteiger partial charge in [0.1, 0.15) is 5.82 Å². The SMILES string of the molecule is Cc1nn(C(C)C)cc1CNc1cnccn1. The normalized spacial score (nSPS) is 10.8. The van der Waals surface area contributed by atoms with E-state index in [1.54, 1.807) is 18.6 Å². The highest BCUT2D eigenvalue weighted by molar-refractivity contribution is 5.32. The molecule has 5 heteroatoms. The molecule has 17 heavy (non-hydrogen) atoms. The van der Waals surface area contributed by atoms with Crippen molar-refractivity contribution in [2.75, 3.05) is 5.32 Å². The van der Waals surface area contributed by atoms with Crippen molar-refractivity contribution in [3.8, 4) is 0 Å². The van der Waals surface area contributed by atoms with Gasteiger partial charge < -0.3 is 5.32 Å². The lowest BCUT2D eigenvalue weighted by Gasteiger charge is -2.04. The number of hydrogen-bond acceptors (Lipinski definition) is 4. The van der Waals surface area contributed by atoms with Crippen LogP contribution >= 0.6 is 0 Å². The van der Waals surface area contributed by atoms with Crippen molar-refractivity contribution in [2.24, 2.45) is 0 Å². The molecule has 0 saturated heterocycles. The van der Waals surface area contributed by atoms with Crippen LogP contribution in [-0.4, -0.2) is 19.7 Å². The van der Waals surface area contributed by atoms with E-state index in [-0.39, 0.29) is 0 Å². The molecule has 2 aromatic heterocycles. The highest BCUT2D eigenvalue weighted by Gasteiger charge is 2.06. The fourth-order valence-corrected chi connectivity index (χ4v) is 1.53. The molecule has 0 aliphatic carbocycles. The van der Waals surface area contributed by atoms with Crippen LogP contribution in [-0.2, 0) is 6.54 Å². The van der Waals surface area contributed by atoms with Gasteiger partial charge in [-0.2, -0.15) is 5.10 Å². The van der Waals surface area contributed by atoms with Crippen molar-refractivity contribution in [3.63, 3.8) is 0 Å². The van der Waals surface area contributed by atoms with Crippen LogP contribution in [0.25, 0.3) is 0 Å². The van der Waals surface area contributed by atoms with E-state index >= 15 is 0 Å². The fraction of sp³-hybridized carbons (Fsp3) is 0.417. The summed E-state index contributed by atoms with van der Waals surface area (Å²) < 4.78 is 1.98. The molecule has 0 aliphatic heterocycles. The van der Waals surface area contributed by atoms with Crippen molar-refractivity contribution < 1.29 is 0 Å².